The number of ether oxygens (including phenoxy) is 1. The predicted molar refractivity (Wildman–Crippen MR) is 139 cm³/mol. The van der Waals surface area contributed by atoms with Gasteiger partial charge < -0.3 is 14.3 Å². The van der Waals surface area contributed by atoms with Gasteiger partial charge in [0.15, 0.2) is 12.4 Å². The van der Waals surface area contributed by atoms with Crippen LogP contribution in [0.25, 0.3) is 0 Å². The Morgan fingerprint density at radius 2 is 1.64 bits per heavy atom. The van der Waals surface area contributed by atoms with Gasteiger partial charge in [-0.15, -0.1) is 11.6 Å². The molecule has 1 saturated heterocycles. The van der Waals surface area contributed by atoms with Crippen LogP contribution in [-0.2, 0) is 9.16 Å². The summed E-state index contributed by atoms with van der Waals surface area (Å²) in [5.41, 5.74) is -3.10. The lowest BCUT2D eigenvalue weighted by Gasteiger charge is -2.45. The molecule has 3 aromatic rings. The fraction of sp³-hybridized carbons (Fsp3) is 0.385. The maximum atomic E-state index is 15.4. The molecule has 36 heavy (non-hydrogen) atoms. The van der Waals surface area contributed by atoms with E-state index in [0.29, 0.717) is 0 Å². The first kappa shape index (κ1) is 26.5. The molecule has 192 valence electrons. The number of aliphatic hydroxyl groups excluding tert-OH is 1. The fourth-order valence-corrected chi connectivity index (χ4v) is 9.83. The third-order valence-corrected chi connectivity index (χ3v) is 12.2. The molecule has 4 rings (SSSR count). The van der Waals surface area contributed by atoms with Crippen molar-refractivity contribution >= 4 is 30.3 Å². The Labute approximate surface area is 214 Å². The average Bonchev–Trinajstić information content (AvgIpc) is 3.10. The highest BCUT2D eigenvalue weighted by Crippen LogP contribution is 2.42. The second-order valence-corrected chi connectivity index (χ2v) is 14.6. The van der Waals surface area contributed by atoms with Crippen LogP contribution in [0.3, 0.4) is 0 Å². The Hall–Kier alpha value is -2.56. The number of hydrogen-bond donors (Lipinski definition) is 2. The van der Waals surface area contributed by atoms with Gasteiger partial charge in [-0.25, -0.2) is 9.18 Å². The number of hydrogen-bond acceptors (Lipinski definition) is 5. The third kappa shape index (κ3) is 4.50. The molecule has 0 unspecified atom stereocenters. The van der Waals surface area contributed by atoms with E-state index in [1.807, 2.05) is 60.7 Å². The SMILES string of the molecule is CC(C)(C)[Si](OC[C@@]1(CCl)O[C@@H](n2ccc(=O)[nH]c2=O)[C@H](F)[C@@H]1O)(c1ccccc1)c1ccccc1. The summed E-state index contributed by atoms with van der Waals surface area (Å²) < 4.78 is 29.2. The number of H-pyrrole nitrogens is 1. The van der Waals surface area contributed by atoms with Crippen molar-refractivity contribution in [2.24, 2.45) is 0 Å². The number of aliphatic hydroxyl groups is 1. The van der Waals surface area contributed by atoms with E-state index in [-0.39, 0.29) is 17.5 Å². The number of aromatic nitrogens is 2. The smallest absolute Gasteiger partial charge is 0.330 e. The first-order valence-electron chi connectivity index (χ1n) is 11.7. The molecule has 0 aliphatic carbocycles. The Kier molecular flexibility index (Phi) is 7.41. The standard InChI is InChI=1S/C26H30ClFN2O5Si/c1-25(2,3)36(18-10-6-4-7-11-18,19-12-8-5-9-13-19)34-17-26(16-27)22(32)21(28)23(35-26)30-15-14-20(31)29-24(30)33/h4-15,21-23,32H,16-17H2,1-3H3,(H,29,31,33)/t21-,22+,23-,26-/m1/s1. The third-order valence-electron chi connectivity index (χ3n) is 6.77. The van der Waals surface area contributed by atoms with E-state index < -0.39 is 43.7 Å². The predicted octanol–water partition coefficient (Wildman–Crippen LogP) is 2.32. The minimum atomic E-state index is -3.04. The van der Waals surface area contributed by atoms with Crippen LogP contribution in [0.2, 0.25) is 5.04 Å². The van der Waals surface area contributed by atoms with Crippen LogP contribution in [0.15, 0.2) is 82.5 Å². The van der Waals surface area contributed by atoms with Crippen molar-refractivity contribution in [3.8, 4) is 0 Å². The Bertz CT molecular complexity index is 1260. The molecule has 1 aliphatic heterocycles. The number of nitrogens with zero attached hydrogens (tertiary/aromatic N) is 1. The molecule has 0 amide bonds. The zero-order chi connectivity index (χ0) is 26.1. The molecule has 10 heteroatoms. The van der Waals surface area contributed by atoms with Gasteiger partial charge >= 0.3 is 5.69 Å². The Morgan fingerprint density at radius 1 is 1.08 bits per heavy atom. The Morgan fingerprint density at radius 3 is 2.11 bits per heavy atom. The van der Waals surface area contributed by atoms with Crippen molar-refractivity contribution in [3.63, 3.8) is 0 Å². The highest BCUT2D eigenvalue weighted by molar-refractivity contribution is 6.99. The van der Waals surface area contributed by atoms with Crippen molar-refractivity contribution in [2.75, 3.05) is 12.5 Å². The van der Waals surface area contributed by atoms with Crippen LogP contribution in [0.1, 0.15) is 27.0 Å². The van der Waals surface area contributed by atoms with Gasteiger partial charge in [-0.1, -0.05) is 81.4 Å². The second kappa shape index (κ2) is 10.1. The first-order chi connectivity index (χ1) is 17.1. The zero-order valence-electron chi connectivity index (χ0n) is 20.4. The molecular weight excluding hydrogens is 503 g/mol. The summed E-state index contributed by atoms with van der Waals surface area (Å²) in [7, 11) is -3.04. The van der Waals surface area contributed by atoms with Gasteiger partial charge in [-0.05, 0) is 15.4 Å². The largest absolute Gasteiger partial charge is 0.404 e. The molecule has 2 heterocycles. The summed E-state index contributed by atoms with van der Waals surface area (Å²) in [5.74, 6) is -0.276. The zero-order valence-corrected chi connectivity index (χ0v) is 22.1. The van der Waals surface area contributed by atoms with E-state index in [9.17, 15) is 14.7 Å². The summed E-state index contributed by atoms with van der Waals surface area (Å²) >= 11 is 6.32. The van der Waals surface area contributed by atoms with Gasteiger partial charge in [0.25, 0.3) is 13.9 Å². The van der Waals surface area contributed by atoms with E-state index in [4.69, 9.17) is 20.8 Å². The monoisotopic (exact) mass is 532 g/mol. The Balaban J connectivity index is 1.77. The molecule has 0 bridgehead atoms. The molecule has 7 nitrogen and oxygen atoms in total. The van der Waals surface area contributed by atoms with Gasteiger partial charge in [-0.3, -0.25) is 14.3 Å². The molecule has 0 radical (unpaired) electrons. The number of rotatable bonds is 7. The van der Waals surface area contributed by atoms with Gasteiger partial charge in [0, 0.05) is 12.3 Å². The lowest BCUT2D eigenvalue weighted by Crippen LogP contribution is -2.68. The molecule has 0 saturated carbocycles. The topological polar surface area (TPSA) is 93.5 Å². The molecule has 1 aliphatic rings. The number of nitrogens with one attached hydrogen (secondary N) is 1. The van der Waals surface area contributed by atoms with E-state index >= 15 is 4.39 Å². The summed E-state index contributed by atoms with van der Waals surface area (Å²) in [6, 6.07) is 20.8. The van der Waals surface area contributed by atoms with Crippen molar-refractivity contribution in [3.05, 3.63) is 93.8 Å². The molecule has 2 N–H and O–H groups in total. The van der Waals surface area contributed by atoms with Crippen molar-refractivity contribution in [1.82, 2.24) is 9.55 Å². The quantitative estimate of drug-likeness (QED) is 0.360. The highest BCUT2D eigenvalue weighted by Gasteiger charge is 2.58. The maximum Gasteiger partial charge on any atom is 0.330 e. The number of aromatic amines is 1. The van der Waals surface area contributed by atoms with Gasteiger partial charge in [0.2, 0.25) is 0 Å². The van der Waals surface area contributed by atoms with E-state index in [1.165, 1.54) is 0 Å². The molecule has 2 aromatic carbocycles. The number of halogens is 2. The summed E-state index contributed by atoms with van der Waals surface area (Å²) in [6.45, 7) is 6.08. The average molecular weight is 533 g/mol. The molecule has 4 atom stereocenters. The van der Waals surface area contributed by atoms with Crippen LogP contribution in [-0.4, -0.2) is 53.3 Å². The molecule has 0 spiro atoms. The van der Waals surface area contributed by atoms with Crippen LogP contribution in [0.5, 0.6) is 0 Å². The van der Waals surface area contributed by atoms with Crippen LogP contribution in [0, 0.1) is 0 Å². The highest BCUT2D eigenvalue weighted by atomic mass is 35.5. The van der Waals surface area contributed by atoms with Gasteiger partial charge in [0.1, 0.15) is 11.7 Å². The normalized spacial score (nSPS) is 24.7. The van der Waals surface area contributed by atoms with E-state index in [0.717, 1.165) is 27.2 Å². The lowest BCUT2D eigenvalue weighted by molar-refractivity contribution is -0.111. The van der Waals surface area contributed by atoms with Gasteiger partial charge in [-0.2, -0.15) is 0 Å². The van der Waals surface area contributed by atoms with Crippen molar-refractivity contribution < 1.29 is 18.7 Å². The van der Waals surface area contributed by atoms with Gasteiger partial charge in [0.05, 0.1) is 12.5 Å². The van der Waals surface area contributed by atoms with E-state index in [2.05, 4.69) is 25.8 Å². The minimum absolute atomic E-state index is 0.208. The number of benzene rings is 2. The molecule has 1 fully saturated rings. The van der Waals surface area contributed by atoms with Crippen LogP contribution < -0.4 is 21.6 Å². The van der Waals surface area contributed by atoms with Crippen molar-refractivity contribution in [2.45, 2.75) is 49.9 Å². The summed E-state index contributed by atoms with van der Waals surface area (Å²) in [4.78, 5) is 25.9. The van der Waals surface area contributed by atoms with E-state index in [1.54, 1.807) is 0 Å². The second-order valence-electron chi connectivity index (χ2n) is 10.1. The lowest BCUT2D eigenvalue weighted by atomic mass is 9.99. The summed E-state index contributed by atoms with van der Waals surface area (Å²) in [6.07, 6.45) is -3.99. The fourth-order valence-electron chi connectivity index (χ4n) is 4.92. The minimum Gasteiger partial charge on any atom is -0.404 e. The van der Waals surface area contributed by atoms with Crippen LogP contribution in [0.4, 0.5) is 4.39 Å². The maximum absolute atomic E-state index is 15.4. The van der Waals surface area contributed by atoms with Crippen molar-refractivity contribution in [1.29, 1.82) is 0 Å². The molecule has 1 aromatic heterocycles. The first-order valence-corrected chi connectivity index (χ1v) is 14.1. The molecular formula is C26H30ClFN2O5Si. The summed E-state index contributed by atoms with van der Waals surface area (Å²) in [5, 5.41) is 12.6. The number of alkyl halides is 2. The van der Waals surface area contributed by atoms with Crippen LogP contribution >= 0.6 is 11.6 Å².